The van der Waals surface area contributed by atoms with Crippen LogP contribution in [0.25, 0.3) is 0 Å². The van der Waals surface area contributed by atoms with Crippen molar-refractivity contribution in [2.24, 2.45) is 0 Å². The van der Waals surface area contributed by atoms with Crippen molar-refractivity contribution in [2.75, 3.05) is 19.7 Å². The molecule has 0 saturated carbocycles. The van der Waals surface area contributed by atoms with Crippen molar-refractivity contribution >= 4 is 12.1 Å². The molecule has 8 heteroatoms. The standard InChI is InChI=1S/C10H12N4O4/c1-2-3-18-10(17)13-4-7(5-13)14-8(9(15)16)11-6-12-14/h2,6-7H,1,3-5H2,(H,15,16). The minimum Gasteiger partial charge on any atom is -0.475 e. The van der Waals surface area contributed by atoms with E-state index in [9.17, 15) is 9.59 Å². The molecule has 1 aliphatic rings. The minimum atomic E-state index is -1.14. The van der Waals surface area contributed by atoms with E-state index in [1.165, 1.54) is 22.0 Å². The van der Waals surface area contributed by atoms with Gasteiger partial charge in [0.15, 0.2) is 0 Å². The number of hydrogen-bond donors (Lipinski definition) is 1. The van der Waals surface area contributed by atoms with Gasteiger partial charge in [-0.15, -0.1) is 0 Å². The number of carbonyl (C=O) groups excluding carboxylic acids is 1. The van der Waals surface area contributed by atoms with E-state index < -0.39 is 12.1 Å². The Balaban J connectivity index is 1.92. The van der Waals surface area contributed by atoms with E-state index >= 15 is 0 Å². The fourth-order valence-electron chi connectivity index (χ4n) is 1.65. The first kappa shape index (κ1) is 12.1. The fourth-order valence-corrected chi connectivity index (χ4v) is 1.65. The molecule has 1 saturated heterocycles. The van der Waals surface area contributed by atoms with Crippen molar-refractivity contribution in [3.8, 4) is 0 Å². The Kier molecular flexibility index (Phi) is 3.26. The maximum absolute atomic E-state index is 11.4. The van der Waals surface area contributed by atoms with Crippen molar-refractivity contribution in [3.05, 3.63) is 24.8 Å². The number of rotatable bonds is 4. The van der Waals surface area contributed by atoms with Crippen molar-refractivity contribution < 1.29 is 19.4 Å². The van der Waals surface area contributed by atoms with Gasteiger partial charge < -0.3 is 14.7 Å². The van der Waals surface area contributed by atoms with Gasteiger partial charge in [-0.25, -0.2) is 19.3 Å². The third-order valence-corrected chi connectivity index (χ3v) is 2.56. The van der Waals surface area contributed by atoms with Crippen LogP contribution in [0.15, 0.2) is 19.0 Å². The van der Waals surface area contributed by atoms with Gasteiger partial charge in [0.25, 0.3) is 0 Å². The summed E-state index contributed by atoms with van der Waals surface area (Å²) in [4.78, 5) is 27.4. The quantitative estimate of drug-likeness (QED) is 0.766. The summed E-state index contributed by atoms with van der Waals surface area (Å²) in [6.45, 7) is 4.32. The van der Waals surface area contributed by atoms with Crippen LogP contribution in [-0.4, -0.2) is 56.5 Å². The predicted molar refractivity (Wildman–Crippen MR) is 59.1 cm³/mol. The molecule has 0 unspecified atom stereocenters. The number of carboxylic acids is 1. The summed E-state index contributed by atoms with van der Waals surface area (Å²) in [6.07, 6.45) is 2.22. The molecule has 18 heavy (non-hydrogen) atoms. The van der Waals surface area contributed by atoms with E-state index in [0.717, 1.165) is 0 Å². The van der Waals surface area contributed by atoms with Crippen molar-refractivity contribution in [3.63, 3.8) is 0 Å². The molecule has 2 rings (SSSR count). The first-order valence-electron chi connectivity index (χ1n) is 5.29. The summed E-state index contributed by atoms with van der Waals surface area (Å²) in [5.41, 5.74) is 0. The molecule has 0 bridgehead atoms. The van der Waals surface area contributed by atoms with Crippen LogP contribution < -0.4 is 0 Å². The molecule has 0 spiro atoms. The lowest BCUT2D eigenvalue weighted by atomic mass is 10.1. The second-order valence-corrected chi connectivity index (χ2v) is 3.76. The van der Waals surface area contributed by atoms with Crippen LogP contribution in [0.4, 0.5) is 4.79 Å². The summed E-state index contributed by atoms with van der Waals surface area (Å²) in [7, 11) is 0. The van der Waals surface area contributed by atoms with Crippen molar-refractivity contribution in [2.45, 2.75) is 6.04 Å². The Bertz CT molecular complexity index is 478. The highest BCUT2D eigenvalue weighted by Crippen LogP contribution is 2.21. The zero-order valence-corrected chi connectivity index (χ0v) is 9.52. The summed E-state index contributed by atoms with van der Waals surface area (Å²) < 4.78 is 6.15. The second-order valence-electron chi connectivity index (χ2n) is 3.76. The largest absolute Gasteiger partial charge is 0.475 e. The maximum Gasteiger partial charge on any atom is 0.410 e. The molecule has 1 aliphatic heterocycles. The van der Waals surface area contributed by atoms with Crippen LogP contribution in [0, 0.1) is 0 Å². The SMILES string of the molecule is C=CCOC(=O)N1CC(n2ncnc2C(=O)O)C1. The van der Waals surface area contributed by atoms with Crippen LogP contribution in [0.3, 0.4) is 0 Å². The molecular weight excluding hydrogens is 240 g/mol. The number of aromatic nitrogens is 3. The van der Waals surface area contributed by atoms with E-state index in [2.05, 4.69) is 16.7 Å². The van der Waals surface area contributed by atoms with Gasteiger partial charge >= 0.3 is 12.1 Å². The van der Waals surface area contributed by atoms with Gasteiger partial charge in [-0.1, -0.05) is 12.7 Å². The third-order valence-electron chi connectivity index (χ3n) is 2.56. The molecule has 2 heterocycles. The fraction of sp³-hybridized carbons (Fsp3) is 0.400. The van der Waals surface area contributed by atoms with Crippen LogP contribution in [0.5, 0.6) is 0 Å². The Morgan fingerprint density at radius 2 is 2.33 bits per heavy atom. The Morgan fingerprint density at radius 1 is 1.61 bits per heavy atom. The minimum absolute atomic E-state index is 0.126. The summed E-state index contributed by atoms with van der Waals surface area (Å²) in [5.74, 6) is -1.26. The number of nitrogens with zero attached hydrogens (tertiary/aromatic N) is 4. The molecule has 96 valence electrons. The molecule has 1 aromatic rings. The summed E-state index contributed by atoms with van der Waals surface area (Å²) in [6, 6.07) is -0.171. The Labute approximate surface area is 102 Å². The van der Waals surface area contributed by atoms with Crippen LogP contribution in [-0.2, 0) is 4.74 Å². The number of likely N-dealkylation sites (tertiary alicyclic amines) is 1. The summed E-state index contributed by atoms with van der Waals surface area (Å²) >= 11 is 0. The van der Waals surface area contributed by atoms with Gasteiger partial charge in [0.1, 0.15) is 12.9 Å². The third kappa shape index (κ3) is 2.17. The van der Waals surface area contributed by atoms with E-state index in [1.54, 1.807) is 0 Å². The van der Waals surface area contributed by atoms with Gasteiger partial charge in [-0.3, -0.25) is 0 Å². The molecule has 8 nitrogen and oxygen atoms in total. The van der Waals surface area contributed by atoms with Gasteiger partial charge in [0.2, 0.25) is 5.82 Å². The van der Waals surface area contributed by atoms with E-state index in [4.69, 9.17) is 9.84 Å². The molecular formula is C10H12N4O4. The molecule has 1 N–H and O–H groups in total. The zero-order chi connectivity index (χ0) is 13.1. The molecule has 1 amide bonds. The highest BCUT2D eigenvalue weighted by atomic mass is 16.6. The number of carbonyl (C=O) groups is 2. The first-order valence-corrected chi connectivity index (χ1v) is 5.29. The highest BCUT2D eigenvalue weighted by molar-refractivity contribution is 5.83. The number of amides is 1. The summed E-state index contributed by atoms with van der Waals surface area (Å²) in [5, 5.41) is 12.7. The number of aromatic carboxylic acids is 1. The first-order chi connectivity index (χ1) is 8.63. The smallest absolute Gasteiger partial charge is 0.410 e. The molecule has 1 aromatic heterocycles. The van der Waals surface area contributed by atoms with E-state index in [1.807, 2.05) is 0 Å². The maximum atomic E-state index is 11.4. The Morgan fingerprint density at radius 3 is 2.94 bits per heavy atom. The van der Waals surface area contributed by atoms with Gasteiger partial charge in [-0.2, -0.15) is 5.10 Å². The molecule has 0 radical (unpaired) electrons. The van der Waals surface area contributed by atoms with Crippen LogP contribution >= 0.6 is 0 Å². The topological polar surface area (TPSA) is 97.5 Å². The van der Waals surface area contributed by atoms with Crippen LogP contribution in [0.1, 0.15) is 16.7 Å². The van der Waals surface area contributed by atoms with E-state index in [0.29, 0.717) is 13.1 Å². The van der Waals surface area contributed by atoms with E-state index in [-0.39, 0.29) is 18.5 Å². The average Bonchev–Trinajstić information content (AvgIpc) is 2.73. The molecule has 0 aromatic carbocycles. The lowest BCUT2D eigenvalue weighted by molar-refractivity contribution is 0.0545. The van der Waals surface area contributed by atoms with Gasteiger partial charge in [0.05, 0.1) is 6.04 Å². The van der Waals surface area contributed by atoms with Crippen molar-refractivity contribution in [1.82, 2.24) is 19.7 Å². The van der Waals surface area contributed by atoms with Gasteiger partial charge in [0, 0.05) is 13.1 Å². The Hall–Kier alpha value is -2.38. The second kappa shape index (κ2) is 4.86. The monoisotopic (exact) mass is 252 g/mol. The van der Waals surface area contributed by atoms with Crippen molar-refractivity contribution in [1.29, 1.82) is 0 Å². The lowest BCUT2D eigenvalue weighted by Crippen LogP contribution is -2.51. The van der Waals surface area contributed by atoms with Gasteiger partial charge in [-0.05, 0) is 0 Å². The number of ether oxygens (including phenoxy) is 1. The average molecular weight is 252 g/mol. The highest BCUT2D eigenvalue weighted by Gasteiger charge is 2.35. The molecule has 1 fully saturated rings. The molecule has 0 atom stereocenters. The predicted octanol–water partition coefficient (Wildman–Crippen LogP) is 0.156. The lowest BCUT2D eigenvalue weighted by Gasteiger charge is -2.38. The normalized spacial score (nSPS) is 15.0. The number of carboxylic acid groups (broad SMARTS) is 1. The number of hydrogen-bond acceptors (Lipinski definition) is 5. The zero-order valence-electron chi connectivity index (χ0n) is 9.52. The molecule has 0 aliphatic carbocycles. The van der Waals surface area contributed by atoms with Crippen LogP contribution in [0.2, 0.25) is 0 Å².